The lowest BCUT2D eigenvalue weighted by Crippen LogP contribution is -2.21. The van der Waals surface area contributed by atoms with Gasteiger partial charge in [-0.15, -0.1) is 0 Å². The molecule has 0 radical (unpaired) electrons. The van der Waals surface area contributed by atoms with Crippen molar-refractivity contribution in [3.8, 4) is 5.69 Å². The molecular weight excluding hydrogens is 252 g/mol. The predicted molar refractivity (Wildman–Crippen MR) is 80.7 cm³/mol. The second kappa shape index (κ2) is 5.36. The largest absolute Gasteiger partial charge is 0.399 e. The Hall–Kier alpha value is -2.30. The lowest BCUT2D eigenvalue weighted by atomic mass is 9.92. The molecule has 106 valence electrons. The minimum atomic E-state index is -0.0455. The highest BCUT2D eigenvalue weighted by molar-refractivity contribution is 5.90. The molecule has 0 aliphatic heterocycles. The van der Waals surface area contributed by atoms with Crippen LogP contribution in [0.25, 0.3) is 5.69 Å². The van der Waals surface area contributed by atoms with Gasteiger partial charge in [-0.1, -0.05) is 20.8 Å². The summed E-state index contributed by atoms with van der Waals surface area (Å²) in [4.78, 5) is 12.0. The van der Waals surface area contributed by atoms with Gasteiger partial charge >= 0.3 is 0 Å². The molecule has 5 nitrogen and oxygen atoms in total. The molecule has 0 bridgehead atoms. The van der Waals surface area contributed by atoms with Gasteiger partial charge in [0.05, 0.1) is 11.9 Å². The first-order chi connectivity index (χ1) is 9.35. The van der Waals surface area contributed by atoms with Gasteiger partial charge in [-0.2, -0.15) is 5.10 Å². The van der Waals surface area contributed by atoms with Crippen LogP contribution in [0.15, 0.2) is 36.5 Å². The average molecular weight is 272 g/mol. The summed E-state index contributed by atoms with van der Waals surface area (Å²) in [5, 5.41) is 7.12. The molecule has 0 unspecified atom stereocenters. The monoisotopic (exact) mass is 272 g/mol. The summed E-state index contributed by atoms with van der Waals surface area (Å²) in [6.07, 6.45) is 2.11. The first-order valence-corrected chi connectivity index (χ1v) is 6.55. The number of hydrogen-bond donors (Lipinski definition) is 2. The summed E-state index contributed by atoms with van der Waals surface area (Å²) in [6.45, 7) is 6.09. The third kappa shape index (κ3) is 3.60. The van der Waals surface area contributed by atoms with Crippen LogP contribution in [0.5, 0.6) is 0 Å². The number of nitrogens with one attached hydrogen (secondary N) is 1. The minimum absolute atomic E-state index is 0.0188. The van der Waals surface area contributed by atoms with E-state index < -0.39 is 0 Å². The lowest BCUT2D eigenvalue weighted by Gasteiger charge is -2.17. The number of amides is 1. The Balaban J connectivity index is 2.17. The van der Waals surface area contributed by atoms with Crippen LogP contribution in [0.4, 0.5) is 11.5 Å². The molecule has 0 aliphatic carbocycles. The maximum absolute atomic E-state index is 12.0. The van der Waals surface area contributed by atoms with Crippen molar-refractivity contribution in [1.29, 1.82) is 0 Å². The molecule has 0 fully saturated rings. The SMILES string of the molecule is CC(C)(C)CC(=O)Nc1ccnn1-c1ccc(N)cc1. The molecule has 1 aromatic heterocycles. The molecule has 20 heavy (non-hydrogen) atoms. The third-order valence-corrected chi connectivity index (χ3v) is 2.74. The number of carbonyl (C=O) groups is 1. The number of nitrogen functional groups attached to an aromatic ring is 1. The van der Waals surface area contributed by atoms with Crippen LogP contribution in [0, 0.1) is 5.41 Å². The number of aromatic nitrogens is 2. The van der Waals surface area contributed by atoms with Gasteiger partial charge in [0.1, 0.15) is 5.82 Å². The molecule has 1 amide bonds. The second-order valence-electron chi connectivity index (χ2n) is 6.01. The first kappa shape index (κ1) is 14.1. The van der Waals surface area contributed by atoms with Gasteiger partial charge in [0.25, 0.3) is 0 Å². The number of anilines is 2. The summed E-state index contributed by atoms with van der Waals surface area (Å²) >= 11 is 0. The highest BCUT2D eigenvalue weighted by atomic mass is 16.1. The van der Waals surface area contributed by atoms with Gasteiger partial charge in [-0.25, -0.2) is 4.68 Å². The van der Waals surface area contributed by atoms with Crippen LogP contribution in [-0.4, -0.2) is 15.7 Å². The topological polar surface area (TPSA) is 72.9 Å². The maximum Gasteiger partial charge on any atom is 0.226 e. The fourth-order valence-corrected chi connectivity index (χ4v) is 1.89. The van der Waals surface area contributed by atoms with E-state index in [1.54, 1.807) is 29.1 Å². The van der Waals surface area contributed by atoms with Gasteiger partial charge in [0.15, 0.2) is 0 Å². The summed E-state index contributed by atoms with van der Waals surface area (Å²) in [5.74, 6) is 0.638. The Kier molecular flexibility index (Phi) is 3.79. The molecule has 0 atom stereocenters. The molecular formula is C15H20N4O. The van der Waals surface area contributed by atoms with Crippen molar-refractivity contribution in [2.45, 2.75) is 27.2 Å². The zero-order valence-electron chi connectivity index (χ0n) is 12.1. The van der Waals surface area contributed by atoms with Gasteiger partial charge in [-0.05, 0) is 29.7 Å². The van der Waals surface area contributed by atoms with E-state index in [9.17, 15) is 4.79 Å². The van der Waals surface area contributed by atoms with E-state index in [-0.39, 0.29) is 11.3 Å². The van der Waals surface area contributed by atoms with Crippen LogP contribution in [-0.2, 0) is 4.79 Å². The van der Waals surface area contributed by atoms with E-state index >= 15 is 0 Å². The molecule has 2 aromatic rings. The van der Waals surface area contributed by atoms with E-state index in [4.69, 9.17) is 5.73 Å². The van der Waals surface area contributed by atoms with Crippen molar-refractivity contribution in [1.82, 2.24) is 9.78 Å². The predicted octanol–water partition coefficient (Wildman–Crippen LogP) is 2.83. The van der Waals surface area contributed by atoms with Crippen molar-refractivity contribution >= 4 is 17.4 Å². The Morgan fingerprint density at radius 3 is 2.50 bits per heavy atom. The Bertz CT molecular complexity index is 593. The fraction of sp³-hybridized carbons (Fsp3) is 0.333. The highest BCUT2D eigenvalue weighted by Gasteiger charge is 2.17. The number of benzene rings is 1. The maximum atomic E-state index is 12.0. The summed E-state index contributed by atoms with van der Waals surface area (Å²) < 4.78 is 1.68. The number of nitrogens with zero attached hydrogens (tertiary/aromatic N) is 2. The molecule has 1 heterocycles. The zero-order valence-corrected chi connectivity index (χ0v) is 12.1. The quantitative estimate of drug-likeness (QED) is 0.844. The van der Waals surface area contributed by atoms with Crippen LogP contribution in [0.3, 0.4) is 0 Å². The van der Waals surface area contributed by atoms with Crippen molar-refractivity contribution in [3.05, 3.63) is 36.5 Å². The fourth-order valence-electron chi connectivity index (χ4n) is 1.89. The van der Waals surface area contributed by atoms with Crippen molar-refractivity contribution in [2.24, 2.45) is 5.41 Å². The van der Waals surface area contributed by atoms with Crippen LogP contribution in [0.2, 0.25) is 0 Å². The molecule has 5 heteroatoms. The second-order valence-corrected chi connectivity index (χ2v) is 6.01. The van der Waals surface area contributed by atoms with Gasteiger partial charge in [0.2, 0.25) is 5.91 Å². The van der Waals surface area contributed by atoms with E-state index in [0.717, 1.165) is 5.69 Å². The molecule has 0 saturated heterocycles. The summed E-state index contributed by atoms with van der Waals surface area (Å²) in [5.41, 5.74) is 7.17. The number of carbonyl (C=O) groups excluding carboxylic acids is 1. The van der Waals surface area contributed by atoms with E-state index in [0.29, 0.717) is 17.9 Å². The van der Waals surface area contributed by atoms with Gasteiger partial charge in [-0.3, -0.25) is 4.79 Å². The zero-order chi connectivity index (χ0) is 14.8. The number of nitrogens with two attached hydrogens (primary N) is 1. The molecule has 0 spiro atoms. The number of hydrogen-bond acceptors (Lipinski definition) is 3. The lowest BCUT2D eigenvalue weighted by molar-refractivity contribution is -0.117. The molecule has 0 saturated carbocycles. The number of rotatable bonds is 3. The summed E-state index contributed by atoms with van der Waals surface area (Å²) in [7, 11) is 0. The standard InChI is InChI=1S/C15H20N4O/c1-15(2,3)10-14(20)18-13-8-9-17-19(13)12-6-4-11(16)5-7-12/h4-9H,10,16H2,1-3H3,(H,18,20). The van der Waals surface area contributed by atoms with Gasteiger partial charge in [0, 0.05) is 18.2 Å². The normalized spacial score (nSPS) is 11.3. The van der Waals surface area contributed by atoms with Gasteiger partial charge < -0.3 is 11.1 Å². The Morgan fingerprint density at radius 2 is 1.90 bits per heavy atom. The van der Waals surface area contributed by atoms with E-state index in [2.05, 4.69) is 10.4 Å². The minimum Gasteiger partial charge on any atom is -0.399 e. The van der Waals surface area contributed by atoms with Crippen molar-refractivity contribution < 1.29 is 4.79 Å². The van der Waals surface area contributed by atoms with Crippen molar-refractivity contribution in [3.63, 3.8) is 0 Å². The average Bonchev–Trinajstić information content (AvgIpc) is 2.75. The molecule has 1 aromatic carbocycles. The summed E-state index contributed by atoms with van der Waals surface area (Å²) in [6, 6.07) is 9.11. The Labute approximate surface area is 118 Å². The van der Waals surface area contributed by atoms with Crippen LogP contribution in [0.1, 0.15) is 27.2 Å². The van der Waals surface area contributed by atoms with E-state index in [1.807, 2.05) is 32.9 Å². The first-order valence-electron chi connectivity index (χ1n) is 6.55. The molecule has 2 rings (SSSR count). The Morgan fingerprint density at radius 1 is 1.25 bits per heavy atom. The molecule has 3 N–H and O–H groups in total. The molecule has 0 aliphatic rings. The van der Waals surface area contributed by atoms with Crippen molar-refractivity contribution in [2.75, 3.05) is 11.1 Å². The smallest absolute Gasteiger partial charge is 0.226 e. The third-order valence-electron chi connectivity index (χ3n) is 2.74. The van der Waals surface area contributed by atoms with Crippen LogP contribution >= 0.6 is 0 Å². The van der Waals surface area contributed by atoms with E-state index in [1.165, 1.54) is 0 Å². The highest BCUT2D eigenvalue weighted by Crippen LogP contribution is 2.21. The van der Waals surface area contributed by atoms with Crippen LogP contribution < -0.4 is 11.1 Å².